The van der Waals surface area contributed by atoms with Gasteiger partial charge in [0.05, 0.1) is 0 Å². The van der Waals surface area contributed by atoms with E-state index in [1.807, 2.05) is 46.2 Å². The molecule has 8 rings (SSSR count). The fraction of sp³-hybridized carbons (Fsp3) is 0.400. The highest BCUT2D eigenvalue weighted by atomic mass is 35.5. The van der Waals surface area contributed by atoms with Crippen molar-refractivity contribution in [3.05, 3.63) is 168 Å². The Hall–Kier alpha value is -5.38. The van der Waals surface area contributed by atoms with Crippen LogP contribution in [-0.2, 0) is 22.4 Å². The molecule has 0 aliphatic heterocycles. The number of carbonyl (C=O) groups excluding carboxylic acids is 2. The number of hydrogen-bond donors (Lipinski definition) is 2. The van der Waals surface area contributed by atoms with Gasteiger partial charge in [-0.3, -0.25) is 19.6 Å². The van der Waals surface area contributed by atoms with Crippen LogP contribution in [0.2, 0.25) is 0 Å². The fourth-order valence-electron chi connectivity index (χ4n) is 9.19. The summed E-state index contributed by atoms with van der Waals surface area (Å²) in [6, 6.07) is 46.0. The third-order valence-electron chi connectivity index (χ3n) is 14.4. The van der Waals surface area contributed by atoms with E-state index in [1.165, 1.54) is 22.3 Å². The number of pyridine rings is 2. The van der Waals surface area contributed by atoms with Crippen LogP contribution in [0.25, 0.3) is 22.3 Å². The largest absolute Gasteiger partial charge is 0.326 e. The molecule has 2 amide bonds. The van der Waals surface area contributed by atoms with Gasteiger partial charge in [-0.2, -0.15) is 0 Å². The predicted octanol–water partition coefficient (Wildman–Crippen LogP) is 13.3. The summed E-state index contributed by atoms with van der Waals surface area (Å²) < 4.78 is 0. The van der Waals surface area contributed by atoms with Gasteiger partial charge in [0.15, 0.2) is 0 Å². The Bertz CT molecular complexity index is 2310. The van der Waals surface area contributed by atoms with Gasteiger partial charge < -0.3 is 21.3 Å². The topological polar surface area (TPSA) is 118 Å². The minimum atomic E-state index is -0.0632. The maximum Gasteiger partial charge on any atom is 0.230 e. The van der Waals surface area contributed by atoms with E-state index < -0.39 is 0 Å². The molecule has 70 heavy (non-hydrogen) atoms. The highest BCUT2D eigenvalue weighted by Crippen LogP contribution is 2.49. The smallest absolute Gasteiger partial charge is 0.230 e. The van der Waals surface area contributed by atoms with Gasteiger partial charge in [-0.05, 0) is 119 Å². The first-order valence-corrected chi connectivity index (χ1v) is 25.4. The predicted molar refractivity (Wildman–Crippen MR) is 296 cm³/mol. The minimum Gasteiger partial charge on any atom is -0.326 e. The Kier molecular flexibility index (Phi) is 21.2. The monoisotopic (exact) mass is 983 g/mol. The number of nitrogens with two attached hydrogens (primary N) is 2. The highest BCUT2D eigenvalue weighted by molar-refractivity contribution is 5.98. The van der Waals surface area contributed by atoms with Gasteiger partial charge in [0.1, 0.15) is 0 Å². The Balaban J connectivity index is 0.000000254. The van der Waals surface area contributed by atoms with Gasteiger partial charge in [-0.25, -0.2) is 0 Å². The second-order valence-corrected chi connectivity index (χ2v) is 19.4. The van der Waals surface area contributed by atoms with Crippen LogP contribution in [0, 0.1) is 23.7 Å². The third kappa shape index (κ3) is 14.4. The Morgan fingerprint density at radius 1 is 0.514 bits per heavy atom. The standard InChI is InChI=1S/2C30H37N3O.2ClH/c2*1-4-8-22-10-12-23(13-11-22)24-14-16-25(17-15-24)33(20-28(31)21(3)5-2)30(34)27-19-26(27)29-9-6-7-18-32-29;;/h2*6-7,9-18,21,26-28H,4-5,8,19-20,31H2,1-3H3;2*1H/t21-,26+,27+,28+;21-,26-,27-,28+;;/m00../s1. The SMILES string of the molecule is CCCc1ccc(-c2ccc(N(C[C@@H](N)[C@@H](C)CC)C(=O)[C@@H]3C[C@H]3c3ccccn3)cc2)cc1.CCCc1ccc(-c2ccc(N(C[C@@H](N)[C@@H](C)CC)C(=O)[C@H]3C[C@@H]3c3ccccn3)cc2)cc1.Cl.Cl. The quantitative estimate of drug-likeness (QED) is 0.0786. The molecule has 6 aromatic rings. The molecule has 2 saturated carbocycles. The first-order chi connectivity index (χ1) is 33.0. The third-order valence-corrected chi connectivity index (χ3v) is 14.4. The van der Waals surface area contributed by atoms with E-state index in [0.717, 1.165) is 85.3 Å². The highest BCUT2D eigenvalue weighted by Gasteiger charge is 2.48. The average Bonchev–Trinajstić information content (AvgIpc) is 4.34. The molecule has 2 fully saturated rings. The number of nitrogens with zero attached hydrogens (tertiary/aromatic N) is 4. The van der Waals surface area contributed by atoms with Crippen molar-refractivity contribution in [3.8, 4) is 22.3 Å². The minimum absolute atomic E-state index is 0. The zero-order valence-corrected chi connectivity index (χ0v) is 43.8. The number of rotatable bonds is 20. The molecule has 2 aromatic heterocycles. The number of anilines is 2. The lowest BCUT2D eigenvalue weighted by atomic mass is 9.98. The van der Waals surface area contributed by atoms with Gasteiger partial charge in [-0.1, -0.05) is 152 Å². The molecule has 2 aliphatic rings. The zero-order valence-electron chi connectivity index (χ0n) is 42.1. The summed E-state index contributed by atoms with van der Waals surface area (Å²) in [5.74, 6) is 1.38. The van der Waals surface area contributed by atoms with E-state index >= 15 is 0 Å². The van der Waals surface area contributed by atoms with Crippen molar-refractivity contribution in [2.45, 2.75) is 117 Å². The van der Waals surface area contributed by atoms with E-state index in [4.69, 9.17) is 11.5 Å². The van der Waals surface area contributed by atoms with E-state index in [1.54, 1.807) is 12.4 Å². The summed E-state index contributed by atoms with van der Waals surface area (Å²) in [4.78, 5) is 40.0. The van der Waals surface area contributed by atoms with E-state index in [9.17, 15) is 9.59 Å². The summed E-state index contributed by atoms with van der Waals surface area (Å²) >= 11 is 0. The molecule has 2 aliphatic carbocycles. The molecule has 0 radical (unpaired) electrons. The van der Waals surface area contributed by atoms with Crippen LogP contribution < -0.4 is 21.3 Å². The van der Waals surface area contributed by atoms with Gasteiger partial charge in [0, 0.05) is 84.0 Å². The van der Waals surface area contributed by atoms with Crippen LogP contribution in [0.4, 0.5) is 11.4 Å². The molecular formula is C60H76Cl2N6O2. The molecule has 372 valence electrons. The molecule has 0 saturated heterocycles. The van der Waals surface area contributed by atoms with Gasteiger partial charge in [-0.15, -0.1) is 24.8 Å². The lowest BCUT2D eigenvalue weighted by Gasteiger charge is -2.29. The lowest BCUT2D eigenvalue weighted by Crippen LogP contribution is -2.45. The summed E-state index contributed by atoms with van der Waals surface area (Å²) in [7, 11) is 0. The van der Waals surface area contributed by atoms with Crippen molar-refractivity contribution >= 4 is 48.0 Å². The average molecular weight is 984 g/mol. The zero-order chi connectivity index (χ0) is 48.2. The fourth-order valence-corrected chi connectivity index (χ4v) is 9.19. The molecule has 4 N–H and O–H groups in total. The molecule has 0 spiro atoms. The van der Waals surface area contributed by atoms with Gasteiger partial charge in [0.2, 0.25) is 11.8 Å². The van der Waals surface area contributed by atoms with Crippen LogP contribution in [0.1, 0.15) is 114 Å². The first-order valence-electron chi connectivity index (χ1n) is 25.4. The van der Waals surface area contributed by atoms with Crippen LogP contribution in [-0.4, -0.2) is 47.0 Å². The number of benzene rings is 4. The number of aromatic nitrogens is 2. The Morgan fingerprint density at radius 3 is 1.13 bits per heavy atom. The van der Waals surface area contributed by atoms with Crippen LogP contribution in [0.15, 0.2) is 146 Å². The molecule has 0 bridgehead atoms. The van der Waals surface area contributed by atoms with E-state index in [-0.39, 0.29) is 72.4 Å². The van der Waals surface area contributed by atoms with Crippen LogP contribution >= 0.6 is 24.8 Å². The Labute approximate surface area is 430 Å². The number of halogens is 2. The van der Waals surface area contributed by atoms with Crippen molar-refractivity contribution in [2.75, 3.05) is 22.9 Å². The molecule has 8 atom stereocenters. The molecular weight excluding hydrogens is 908 g/mol. The summed E-state index contributed by atoms with van der Waals surface area (Å²) in [5, 5.41) is 0. The first kappa shape index (κ1) is 55.5. The second-order valence-electron chi connectivity index (χ2n) is 19.4. The summed E-state index contributed by atoms with van der Waals surface area (Å²) in [5.41, 5.74) is 24.3. The van der Waals surface area contributed by atoms with Crippen molar-refractivity contribution < 1.29 is 9.59 Å². The molecule has 8 nitrogen and oxygen atoms in total. The molecule has 2 heterocycles. The second kappa shape index (κ2) is 26.7. The molecule has 10 heteroatoms. The Morgan fingerprint density at radius 2 is 0.843 bits per heavy atom. The van der Waals surface area contributed by atoms with Crippen LogP contribution in [0.5, 0.6) is 0 Å². The van der Waals surface area contributed by atoms with Crippen molar-refractivity contribution in [3.63, 3.8) is 0 Å². The van der Waals surface area contributed by atoms with E-state index in [0.29, 0.717) is 24.9 Å². The van der Waals surface area contributed by atoms with Crippen molar-refractivity contribution in [2.24, 2.45) is 35.1 Å². The van der Waals surface area contributed by atoms with Gasteiger partial charge in [0.25, 0.3) is 0 Å². The maximum absolute atomic E-state index is 13.6. The number of hydrogen-bond acceptors (Lipinski definition) is 6. The molecule has 4 aromatic carbocycles. The van der Waals surface area contributed by atoms with Crippen LogP contribution in [0.3, 0.4) is 0 Å². The molecule has 0 unspecified atom stereocenters. The summed E-state index contributed by atoms with van der Waals surface area (Å²) in [6.45, 7) is 14.1. The van der Waals surface area contributed by atoms with Crippen molar-refractivity contribution in [1.29, 1.82) is 0 Å². The lowest BCUT2D eigenvalue weighted by molar-refractivity contribution is -0.120. The summed E-state index contributed by atoms with van der Waals surface area (Å²) in [6.07, 6.45) is 11.8. The number of carbonyl (C=O) groups is 2. The van der Waals surface area contributed by atoms with E-state index in [2.05, 4.69) is 149 Å². The number of aryl methyl sites for hydroxylation is 2. The maximum atomic E-state index is 13.6. The normalized spacial score (nSPS) is 18.3. The number of amides is 2. The van der Waals surface area contributed by atoms with Crippen molar-refractivity contribution in [1.82, 2.24) is 9.97 Å². The van der Waals surface area contributed by atoms with Gasteiger partial charge >= 0.3 is 0 Å².